The Kier molecular flexibility index (Phi) is 2.29. The van der Waals surface area contributed by atoms with Crippen LogP contribution in [0, 0.1) is 6.92 Å². The lowest BCUT2D eigenvalue weighted by molar-refractivity contribution is 0.0690. The van der Waals surface area contributed by atoms with E-state index in [1.165, 1.54) is 0 Å². The fraction of sp³-hybridized carbons (Fsp3) is 0.200. The van der Waals surface area contributed by atoms with Gasteiger partial charge in [-0.05, 0) is 19.1 Å². The van der Waals surface area contributed by atoms with Crippen molar-refractivity contribution < 1.29 is 14.3 Å². The van der Waals surface area contributed by atoms with Crippen molar-refractivity contribution in [3.8, 4) is 0 Å². The highest BCUT2D eigenvalue weighted by Gasteiger charge is 2.15. The molecule has 0 aliphatic rings. The third-order valence-corrected chi connectivity index (χ3v) is 2.03. The van der Waals surface area contributed by atoms with Crippen molar-refractivity contribution in [2.75, 3.05) is 0 Å². The van der Waals surface area contributed by atoms with Crippen molar-refractivity contribution in [1.29, 1.82) is 0 Å². The average Bonchev–Trinajstić information content (AvgIpc) is 2.75. The number of carbonyl (C=O) groups is 1. The maximum atomic E-state index is 10.9. The van der Waals surface area contributed by atoms with E-state index in [1.807, 2.05) is 0 Å². The third kappa shape index (κ3) is 1.90. The van der Waals surface area contributed by atoms with E-state index in [0.29, 0.717) is 23.7 Å². The van der Waals surface area contributed by atoms with Crippen LogP contribution in [0.4, 0.5) is 0 Å². The summed E-state index contributed by atoms with van der Waals surface area (Å²) >= 11 is 0. The maximum Gasteiger partial charge on any atom is 0.356 e. The molecule has 5 nitrogen and oxygen atoms in total. The second kappa shape index (κ2) is 3.61. The fourth-order valence-corrected chi connectivity index (χ4v) is 1.43. The van der Waals surface area contributed by atoms with Crippen molar-refractivity contribution in [2.45, 2.75) is 13.3 Å². The molecule has 0 amide bonds. The van der Waals surface area contributed by atoms with Crippen molar-refractivity contribution in [1.82, 2.24) is 9.97 Å². The van der Waals surface area contributed by atoms with E-state index >= 15 is 0 Å². The minimum absolute atomic E-state index is 0.0592. The van der Waals surface area contributed by atoms with E-state index in [2.05, 4.69) is 9.97 Å². The van der Waals surface area contributed by atoms with E-state index in [9.17, 15) is 4.79 Å². The highest BCUT2D eigenvalue weighted by Crippen LogP contribution is 2.12. The number of furan rings is 1. The highest BCUT2D eigenvalue weighted by atomic mass is 16.4. The summed E-state index contributed by atoms with van der Waals surface area (Å²) in [5.41, 5.74) is 0.624. The van der Waals surface area contributed by atoms with E-state index in [-0.39, 0.29) is 5.69 Å². The van der Waals surface area contributed by atoms with Gasteiger partial charge in [-0.3, -0.25) is 0 Å². The summed E-state index contributed by atoms with van der Waals surface area (Å²) in [6.45, 7) is 1.72. The van der Waals surface area contributed by atoms with Crippen molar-refractivity contribution in [2.24, 2.45) is 0 Å². The van der Waals surface area contributed by atoms with Crippen LogP contribution in [0.3, 0.4) is 0 Å². The standard InChI is InChI=1S/C10H10N2O3/c1-6-11-8(9(12-6)10(13)14)5-7-3-2-4-15-7/h2-4H,5H2,1H3,(H,11,12)(H,13,14). The van der Waals surface area contributed by atoms with Crippen LogP contribution in [-0.4, -0.2) is 21.0 Å². The molecular weight excluding hydrogens is 196 g/mol. The molecule has 5 heteroatoms. The molecule has 78 valence electrons. The predicted molar refractivity (Wildman–Crippen MR) is 51.8 cm³/mol. The summed E-state index contributed by atoms with van der Waals surface area (Å²) in [7, 11) is 0. The van der Waals surface area contributed by atoms with Gasteiger partial charge in [-0.15, -0.1) is 0 Å². The van der Waals surface area contributed by atoms with Gasteiger partial charge in [0, 0.05) is 6.42 Å². The lowest BCUT2D eigenvalue weighted by Crippen LogP contribution is -2.02. The maximum absolute atomic E-state index is 10.9. The molecule has 2 N–H and O–H groups in total. The van der Waals surface area contributed by atoms with Gasteiger partial charge in [0.25, 0.3) is 0 Å². The Morgan fingerprint density at radius 3 is 3.07 bits per heavy atom. The van der Waals surface area contributed by atoms with Crippen LogP contribution in [0.1, 0.15) is 27.8 Å². The number of imidazole rings is 1. The number of aromatic amines is 1. The molecule has 2 aromatic rings. The number of H-pyrrole nitrogens is 1. The summed E-state index contributed by atoms with van der Waals surface area (Å²) < 4.78 is 5.14. The Labute approximate surface area is 85.8 Å². The molecule has 0 unspecified atom stereocenters. The van der Waals surface area contributed by atoms with Crippen LogP contribution >= 0.6 is 0 Å². The predicted octanol–water partition coefficient (Wildman–Crippen LogP) is 1.60. The Morgan fingerprint density at radius 1 is 1.67 bits per heavy atom. The molecule has 0 bridgehead atoms. The van der Waals surface area contributed by atoms with E-state index in [1.54, 1.807) is 25.3 Å². The minimum Gasteiger partial charge on any atom is -0.476 e. The van der Waals surface area contributed by atoms with E-state index < -0.39 is 5.97 Å². The topological polar surface area (TPSA) is 79.1 Å². The number of aromatic carboxylic acids is 1. The summed E-state index contributed by atoms with van der Waals surface area (Å²) in [4.78, 5) is 17.7. The van der Waals surface area contributed by atoms with Gasteiger partial charge < -0.3 is 14.5 Å². The normalized spacial score (nSPS) is 10.5. The lowest BCUT2D eigenvalue weighted by Gasteiger charge is -1.95. The van der Waals surface area contributed by atoms with Gasteiger partial charge in [0.15, 0.2) is 5.69 Å². The minimum atomic E-state index is -1.03. The number of hydrogen-bond acceptors (Lipinski definition) is 3. The molecule has 0 aliphatic carbocycles. The summed E-state index contributed by atoms with van der Waals surface area (Å²) in [5, 5.41) is 8.89. The van der Waals surface area contributed by atoms with Gasteiger partial charge in [0.05, 0.1) is 12.0 Å². The highest BCUT2D eigenvalue weighted by molar-refractivity contribution is 5.86. The zero-order chi connectivity index (χ0) is 10.8. The molecule has 0 aromatic carbocycles. The largest absolute Gasteiger partial charge is 0.476 e. The second-order valence-corrected chi connectivity index (χ2v) is 3.21. The van der Waals surface area contributed by atoms with Crippen LogP contribution in [0.5, 0.6) is 0 Å². The first kappa shape index (κ1) is 9.51. The molecule has 0 saturated carbocycles. The van der Waals surface area contributed by atoms with Gasteiger partial charge in [0.1, 0.15) is 11.6 Å². The molecule has 15 heavy (non-hydrogen) atoms. The Hall–Kier alpha value is -2.04. The number of nitrogens with one attached hydrogen (secondary N) is 1. The second-order valence-electron chi connectivity index (χ2n) is 3.21. The van der Waals surface area contributed by atoms with E-state index in [0.717, 1.165) is 0 Å². The van der Waals surface area contributed by atoms with Gasteiger partial charge in [-0.2, -0.15) is 0 Å². The average molecular weight is 206 g/mol. The summed E-state index contributed by atoms with van der Waals surface area (Å²) in [5.74, 6) is 0.274. The van der Waals surface area contributed by atoms with Gasteiger partial charge in [-0.1, -0.05) is 0 Å². The van der Waals surface area contributed by atoms with Gasteiger partial charge in [0.2, 0.25) is 0 Å². The Bertz CT molecular complexity index is 471. The molecule has 0 fully saturated rings. The first-order valence-electron chi connectivity index (χ1n) is 4.48. The SMILES string of the molecule is Cc1nc(C(=O)O)c(Cc2ccco2)[nH]1. The fourth-order valence-electron chi connectivity index (χ4n) is 1.43. The number of hydrogen-bond donors (Lipinski definition) is 2. The van der Waals surface area contributed by atoms with Crippen molar-refractivity contribution in [3.63, 3.8) is 0 Å². The van der Waals surface area contributed by atoms with E-state index in [4.69, 9.17) is 9.52 Å². The molecule has 2 heterocycles. The first-order valence-corrected chi connectivity index (χ1v) is 4.48. The molecule has 0 saturated heterocycles. The van der Waals surface area contributed by atoms with Gasteiger partial charge >= 0.3 is 5.97 Å². The Balaban J connectivity index is 2.31. The van der Waals surface area contributed by atoms with Crippen LogP contribution in [0.15, 0.2) is 22.8 Å². The molecule has 0 radical (unpaired) electrons. The third-order valence-electron chi connectivity index (χ3n) is 2.03. The molecular formula is C10H10N2O3. The zero-order valence-corrected chi connectivity index (χ0v) is 8.15. The summed E-state index contributed by atoms with van der Waals surface area (Å²) in [6.07, 6.45) is 1.97. The molecule has 2 rings (SSSR count). The van der Waals surface area contributed by atoms with Crippen molar-refractivity contribution >= 4 is 5.97 Å². The number of nitrogens with zero attached hydrogens (tertiary/aromatic N) is 1. The zero-order valence-electron chi connectivity index (χ0n) is 8.15. The monoisotopic (exact) mass is 206 g/mol. The van der Waals surface area contributed by atoms with Gasteiger partial charge in [-0.25, -0.2) is 9.78 Å². The van der Waals surface area contributed by atoms with Crippen LogP contribution in [-0.2, 0) is 6.42 Å². The van der Waals surface area contributed by atoms with Crippen LogP contribution in [0.25, 0.3) is 0 Å². The van der Waals surface area contributed by atoms with Crippen molar-refractivity contribution in [3.05, 3.63) is 41.4 Å². The number of carboxylic acids is 1. The lowest BCUT2D eigenvalue weighted by atomic mass is 10.2. The number of aryl methyl sites for hydroxylation is 1. The van der Waals surface area contributed by atoms with Crippen LogP contribution in [0.2, 0.25) is 0 Å². The number of aromatic nitrogens is 2. The molecule has 0 aliphatic heterocycles. The molecule has 0 atom stereocenters. The molecule has 2 aromatic heterocycles. The summed E-state index contributed by atoms with van der Waals surface area (Å²) in [6, 6.07) is 3.56. The smallest absolute Gasteiger partial charge is 0.356 e. The quantitative estimate of drug-likeness (QED) is 0.799. The molecule has 0 spiro atoms. The Morgan fingerprint density at radius 2 is 2.47 bits per heavy atom. The number of rotatable bonds is 3. The number of carboxylic acid groups (broad SMARTS) is 1. The van der Waals surface area contributed by atoms with Crippen LogP contribution < -0.4 is 0 Å². The first-order chi connectivity index (χ1) is 7.16.